The fourth-order valence-corrected chi connectivity index (χ4v) is 5.70. The van der Waals surface area contributed by atoms with Gasteiger partial charge in [-0.15, -0.1) is 0 Å². The second-order valence-corrected chi connectivity index (χ2v) is 11.7. The van der Waals surface area contributed by atoms with Gasteiger partial charge in [-0.25, -0.2) is 8.42 Å². The number of hydrogen-bond donors (Lipinski definition) is 2. The highest BCUT2D eigenvalue weighted by Crippen LogP contribution is 2.34. The Morgan fingerprint density at radius 2 is 1.86 bits per heavy atom. The number of nitrogens with one attached hydrogen (secondary N) is 2. The predicted molar refractivity (Wildman–Crippen MR) is 134 cm³/mol. The fourth-order valence-electron chi connectivity index (χ4n) is 4.39. The third kappa shape index (κ3) is 7.68. The quantitative estimate of drug-likeness (QED) is 0.506. The molecule has 7 nitrogen and oxygen atoms in total. The molecule has 2 aromatic carbocycles. The van der Waals surface area contributed by atoms with Crippen molar-refractivity contribution in [3.8, 4) is 0 Å². The lowest BCUT2D eigenvalue weighted by atomic mass is 10.00. The summed E-state index contributed by atoms with van der Waals surface area (Å²) >= 11 is 5.99. The number of rotatable bonds is 8. The molecule has 202 valence electrons. The summed E-state index contributed by atoms with van der Waals surface area (Å²) in [6.07, 6.45) is -3.19. The van der Waals surface area contributed by atoms with Gasteiger partial charge in [-0.05, 0) is 60.8 Å². The van der Waals surface area contributed by atoms with E-state index in [4.69, 9.17) is 11.6 Å². The Labute approximate surface area is 219 Å². The minimum absolute atomic E-state index is 0.00475. The molecule has 0 aliphatic carbocycles. The van der Waals surface area contributed by atoms with Crippen molar-refractivity contribution in [2.24, 2.45) is 0 Å². The first-order valence-electron chi connectivity index (χ1n) is 11.8. The molecular weight excluding hydrogens is 531 g/mol. The third-order valence-electron chi connectivity index (χ3n) is 6.16. The molecule has 0 radical (unpaired) electrons. The summed E-state index contributed by atoms with van der Waals surface area (Å²) in [6, 6.07) is 7.45. The van der Waals surface area contributed by atoms with Crippen LogP contribution in [0.2, 0.25) is 5.02 Å². The number of likely N-dealkylation sites (tertiary alicyclic amines) is 1. The number of piperidine rings is 1. The van der Waals surface area contributed by atoms with Crippen molar-refractivity contribution in [2.45, 2.75) is 56.9 Å². The van der Waals surface area contributed by atoms with Crippen molar-refractivity contribution in [2.75, 3.05) is 18.8 Å². The molecule has 1 aliphatic rings. The van der Waals surface area contributed by atoms with E-state index in [1.807, 2.05) is 4.90 Å². The number of amides is 2. The molecule has 2 amide bonds. The molecule has 0 unspecified atom stereocenters. The van der Waals surface area contributed by atoms with Gasteiger partial charge >= 0.3 is 6.18 Å². The standard InChI is InChI=1S/C25H29ClF3N3O4S/c1-3-37(35,36)23-9-8-20(26)11-19(23)13-30-24(34)17-6-7-18(22(12-17)25(27,28)29)14-32-10-4-5-21(15-32)31-16(2)33/h6-9,11-12,21H,3-5,10,13-15H2,1-2H3,(H,30,34)(H,31,33)/t21-/m0/s1. The SMILES string of the molecule is CCS(=O)(=O)c1ccc(Cl)cc1CNC(=O)c1ccc(CN2CCC[C@H](NC(C)=O)C2)c(C(F)(F)F)c1. The molecule has 1 atom stereocenters. The summed E-state index contributed by atoms with van der Waals surface area (Å²) < 4.78 is 66.5. The van der Waals surface area contributed by atoms with Gasteiger partial charge in [-0.2, -0.15) is 13.2 Å². The molecule has 2 aromatic rings. The second kappa shape index (κ2) is 11.8. The van der Waals surface area contributed by atoms with Crippen LogP contribution in [0.4, 0.5) is 13.2 Å². The van der Waals surface area contributed by atoms with Gasteiger partial charge in [0.2, 0.25) is 5.91 Å². The van der Waals surface area contributed by atoms with Crippen LogP contribution in [-0.4, -0.2) is 50.0 Å². The van der Waals surface area contributed by atoms with Crippen LogP contribution in [0.3, 0.4) is 0 Å². The van der Waals surface area contributed by atoms with Crippen molar-refractivity contribution < 1.29 is 31.2 Å². The molecule has 37 heavy (non-hydrogen) atoms. The van der Waals surface area contributed by atoms with Gasteiger partial charge in [0.15, 0.2) is 9.84 Å². The maximum absolute atomic E-state index is 13.9. The molecule has 0 saturated carbocycles. The van der Waals surface area contributed by atoms with Crippen LogP contribution in [0, 0.1) is 0 Å². The first kappa shape index (κ1) is 28.9. The van der Waals surface area contributed by atoms with Crippen molar-refractivity contribution in [1.29, 1.82) is 0 Å². The Morgan fingerprint density at radius 1 is 1.14 bits per heavy atom. The van der Waals surface area contributed by atoms with Gasteiger partial charge in [0.25, 0.3) is 5.91 Å². The topological polar surface area (TPSA) is 95.6 Å². The number of benzene rings is 2. The van der Waals surface area contributed by atoms with E-state index in [9.17, 15) is 31.2 Å². The largest absolute Gasteiger partial charge is 0.416 e. The first-order valence-corrected chi connectivity index (χ1v) is 13.8. The lowest BCUT2D eigenvalue weighted by Crippen LogP contribution is -2.46. The zero-order valence-corrected chi connectivity index (χ0v) is 22.1. The van der Waals surface area contributed by atoms with Crippen LogP contribution in [-0.2, 0) is 33.9 Å². The molecule has 2 N–H and O–H groups in total. The third-order valence-corrected chi connectivity index (χ3v) is 8.22. The van der Waals surface area contributed by atoms with Crippen LogP contribution in [0.1, 0.15) is 53.7 Å². The smallest absolute Gasteiger partial charge is 0.352 e. The van der Waals surface area contributed by atoms with Crippen LogP contribution in [0.15, 0.2) is 41.3 Å². The normalized spacial score (nSPS) is 16.9. The maximum atomic E-state index is 13.9. The van der Waals surface area contributed by atoms with E-state index in [2.05, 4.69) is 10.6 Å². The minimum Gasteiger partial charge on any atom is -0.352 e. The highest BCUT2D eigenvalue weighted by Gasteiger charge is 2.35. The molecule has 0 spiro atoms. The van der Waals surface area contributed by atoms with E-state index in [-0.39, 0.29) is 57.4 Å². The van der Waals surface area contributed by atoms with Gasteiger partial charge in [-0.3, -0.25) is 14.5 Å². The number of nitrogens with zero attached hydrogens (tertiary/aromatic N) is 1. The van der Waals surface area contributed by atoms with Gasteiger partial charge < -0.3 is 10.6 Å². The molecule has 1 saturated heterocycles. The summed E-state index contributed by atoms with van der Waals surface area (Å²) in [5.74, 6) is -1.12. The van der Waals surface area contributed by atoms with Crippen LogP contribution in [0.5, 0.6) is 0 Å². The molecular formula is C25H29ClF3N3O4S. The monoisotopic (exact) mass is 559 g/mol. The van der Waals surface area contributed by atoms with Crippen molar-refractivity contribution in [3.63, 3.8) is 0 Å². The molecule has 0 aromatic heterocycles. The van der Waals surface area contributed by atoms with E-state index in [1.165, 1.54) is 44.2 Å². The Balaban J connectivity index is 1.79. The Morgan fingerprint density at radius 3 is 2.51 bits per heavy atom. The van der Waals surface area contributed by atoms with Gasteiger partial charge in [-0.1, -0.05) is 24.6 Å². The second-order valence-electron chi connectivity index (χ2n) is 8.98. The van der Waals surface area contributed by atoms with E-state index >= 15 is 0 Å². The lowest BCUT2D eigenvalue weighted by molar-refractivity contribution is -0.138. The molecule has 3 rings (SSSR count). The minimum atomic E-state index is -4.69. The summed E-state index contributed by atoms with van der Waals surface area (Å²) in [5.41, 5.74) is -0.848. The van der Waals surface area contributed by atoms with Crippen molar-refractivity contribution in [3.05, 3.63) is 63.7 Å². The summed E-state index contributed by atoms with van der Waals surface area (Å²) in [7, 11) is -3.60. The fraction of sp³-hybridized carbons (Fsp3) is 0.440. The molecule has 1 heterocycles. The summed E-state index contributed by atoms with van der Waals surface area (Å²) in [4.78, 5) is 26.0. The van der Waals surface area contributed by atoms with Crippen LogP contribution < -0.4 is 10.6 Å². The maximum Gasteiger partial charge on any atom is 0.416 e. The average Bonchev–Trinajstić information content (AvgIpc) is 2.81. The van der Waals surface area contributed by atoms with E-state index in [1.54, 1.807) is 0 Å². The molecule has 1 aliphatic heterocycles. The number of carbonyl (C=O) groups is 2. The average molecular weight is 560 g/mol. The summed E-state index contributed by atoms with van der Waals surface area (Å²) in [5, 5.41) is 5.58. The zero-order valence-electron chi connectivity index (χ0n) is 20.5. The van der Waals surface area contributed by atoms with Crippen LogP contribution >= 0.6 is 11.6 Å². The molecule has 1 fully saturated rings. The number of alkyl halides is 3. The van der Waals surface area contributed by atoms with Gasteiger partial charge in [0.1, 0.15) is 0 Å². The molecule has 12 heteroatoms. The Kier molecular flexibility index (Phi) is 9.25. The van der Waals surface area contributed by atoms with Gasteiger partial charge in [0, 0.05) is 43.2 Å². The van der Waals surface area contributed by atoms with Crippen molar-refractivity contribution in [1.82, 2.24) is 15.5 Å². The van der Waals surface area contributed by atoms with E-state index in [0.29, 0.717) is 13.1 Å². The summed E-state index contributed by atoms with van der Waals surface area (Å²) in [6.45, 7) is 3.71. The van der Waals surface area contributed by atoms with Crippen molar-refractivity contribution >= 4 is 33.3 Å². The number of halogens is 4. The Bertz CT molecular complexity index is 1270. The molecule has 0 bridgehead atoms. The number of hydrogen-bond acceptors (Lipinski definition) is 5. The first-order chi connectivity index (χ1) is 17.3. The van der Waals surface area contributed by atoms with Crippen LogP contribution in [0.25, 0.3) is 0 Å². The van der Waals surface area contributed by atoms with E-state index < -0.39 is 27.5 Å². The number of carbonyl (C=O) groups excluding carboxylic acids is 2. The Hall–Kier alpha value is -2.63. The lowest BCUT2D eigenvalue weighted by Gasteiger charge is -2.33. The van der Waals surface area contributed by atoms with Gasteiger partial charge in [0.05, 0.1) is 16.2 Å². The number of sulfone groups is 1. The zero-order chi connectivity index (χ0) is 27.4. The highest BCUT2D eigenvalue weighted by molar-refractivity contribution is 7.91. The van der Waals surface area contributed by atoms with E-state index in [0.717, 1.165) is 18.9 Å². The highest BCUT2D eigenvalue weighted by atomic mass is 35.5. The predicted octanol–water partition coefficient (Wildman–Crippen LogP) is 4.18.